The van der Waals surface area contributed by atoms with Crippen LogP contribution in [-0.4, -0.2) is 35.9 Å². The Kier molecular flexibility index (Phi) is 6.22. The first-order chi connectivity index (χ1) is 14.0. The summed E-state index contributed by atoms with van der Waals surface area (Å²) in [5, 5.41) is 7.76. The number of carbonyl (C=O) groups excluding carboxylic acids is 1. The van der Waals surface area contributed by atoms with Gasteiger partial charge in [-0.25, -0.2) is 4.68 Å². The smallest absolute Gasteiger partial charge is 0.270 e. The Morgan fingerprint density at radius 3 is 2.45 bits per heavy atom. The molecule has 0 aliphatic heterocycles. The summed E-state index contributed by atoms with van der Waals surface area (Å²) < 4.78 is 12.5. The van der Waals surface area contributed by atoms with Crippen molar-refractivity contribution in [3.8, 4) is 28.4 Å². The van der Waals surface area contributed by atoms with Crippen LogP contribution in [0.15, 0.2) is 48.5 Å². The SMILES string of the molecule is CC[C@H](C)NC(=O)c1cc(-c2ccc(OC)cc2OC)nn1-c1ccc(C)cc1. The minimum atomic E-state index is -0.161. The molecule has 1 N–H and O–H groups in total. The molecular weight excluding hydrogens is 366 g/mol. The third-order valence-corrected chi connectivity index (χ3v) is 4.90. The van der Waals surface area contributed by atoms with Crippen LogP contribution in [0.5, 0.6) is 11.5 Å². The zero-order chi connectivity index (χ0) is 21.0. The number of aromatic nitrogens is 2. The Hall–Kier alpha value is -3.28. The average molecular weight is 393 g/mol. The highest BCUT2D eigenvalue weighted by atomic mass is 16.5. The molecule has 0 radical (unpaired) electrons. The standard InChI is InChI=1S/C23H27N3O3/c1-6-16(3)24-23(27)21-14-20(19-12-11-18(28-4)13-22(19)29-5)25-26(21)17-9-7-15(2)8-10-17/h7-14,16H,6H2,1-5H3,(H,24,27)/t16-/m0/s1. The number of ether oxygens (including phenoxy) is 2. The molecule has 0 saturated heterocycles. The summed E-state index contributed by atoms with van der Waals surface area (Å²) in [6.45, 7) is 6.05. The molecule has 1 amide bonds. The van der Waals surface area contributed by atoms with Gasteiger partial charge in [-0.3, -0.25) is 4.79 Å². The number of amides is 1. The molecular formula is C23H27N3O3. The summed E-state index contributed by atoms with van der Waals surface area (Å²) in [6.07, 6.45) is 0.851. The van der Waals surface area contributed by atoms with E-state index in [0.29, 0.717) is 22.9 Å². The number of aryl methyl sites for hydroxylation is 1. The first-order valence-corrected chi connectivity index (χ1v) is 9.67. The molecule has 29 heavy (non-hydrogen) atoms. The number of rotatable bonds is 7. The fourth-order valence-electron chi connectivity index (χ4n) is 2.97. The molecule has 0 aliphatic rings. The van der Waals surface area contributed by atoms with Gasteiger partial charge in [-0.05, 0) is 50.6 Å². The lowest BCUT2D eigenvalue weighted by Gasteiger charge is -2.12. The van der Waals surface area contributed by atoms with Crippen LogP contribution in [0, 0.1) is 6.92 Å². The molecule has 0 aliphatic carbocycles. The maximum atomic E-state index is 13.0. The second-order valence-electron chi connectivity index (χ2n) is 7.01. The Balaban J connectivity index is 2.11. The number of hydrogen-bond acceptors (Lipinski definition) is 4. The van der Waals surface area contributed by atoms with Crippen LogP contribution in [0.1, 0.15) is 36.3 Å². The highest BCUT2D eigenvalue weighted by Crippen LogP contribution is 2.33. The van der Waals surface area contributed by atoms with Crippen molar-refractivity contribution in [1.29, 1.82) is 0 Å². The third kappa shape index (κ3) is 4.42. The molecule has 3 rings (SSSR count). The van der Waals surface area contributed by atoms with Gasteiger partial charge >= 0.3 is 0 Å². The average Bonchev–Trinajstić information content (AvgIpc) is 3.19. The number of methoxy groups -OCH3 is 2. The first-order valence-electron chi connectivity index (χ1n) is 9.67. The van der Waals surface area contributed by atoms with Crippen molar-refractivity contribution >= 4 is 5.91 Å². The third-order valence-electron chi connectivity index (χ3n) is 4.90. The fraction of sp³-hybridized carbons (Fsp3) is 0.304. The molecule has 1 atom stereocenters. The first kappa shape index (κ1) is 20.5. The highest BCUT2D eigenvalue weighted by molar-refractivity contribution is 5.94. The van der Waals surface area contributed by atoms with Crippen molar-refractivity contribution in [2.45, 2.75) is 33.2 Å². The maximum absolute atomic E-state index is 13.0. The molecule has 152 valence electrons. The zero-order valence-electron chi connectivity index (χ0n) is 17.5. The van der Waals surface area contributed by atoms with E-state index in [0.717, 1.165) is 23.2 Å². The quantitative estimate of drug-likeness (QED) is 0.646. The highest BCUT2D eigenvalue weighted by Gasteiger charge is 2.20. The van der Waals surface area contributed by atoms with Crippen LogP contribution >= 0.6 is 0 Å². The molecule has 6 nitrogen and oxygen atoms in total. The Morgan fingerprint density at radius 1 is 1.10 bits per heavy atom. The Labute approximate surface area is 171 Å². The van der Waals surface area contributed by atoms with Crippen molar-refractivity contribution in [2.75, 3.05) is 14.2 Å². The maximum Gasteiger partial charge on any atom is 0.270 e. The molecule has 6 heteroatoms. The summed E-state index contributed by atoms with van der Waals surface area (Å²) in [5.41, 5.74) is 3.88. The van der Waals surface area contributed by atoms with E-state index in [1.807, 2.05) is 57.2 Å². The molecule has 1 aromatic heterocycles. The number of hydrogen-bond donors (Lipinski definition) is 1. The van der Waals surface area contributed by atoms with Crippen LogP contribution in [-0.2, 0) is 0 Å². The molecule has 0 bridgehead atoms. The van der Waals surface area contributed by atoms with Gasteiger partial charge in [0, 0.05) is 17.7 Å². The largest absolute Gasteiger partial charge is 0.497 e. The summed E-state index contributed by atoms with van der Waals surface area (Å²) in [5.74, 6) is 1.16. The van der Waals surface area contributed by atoms with Gasteiger partial charge in [0.25, 0.3) is 5.91 Å². The zero-order valence-corrected chi connectivity index (χ0v) is 17.5. The van der Waals surface area contributed by atoms with E-state index in [4.69, 9.17) is 14.6 Å². The monoisotopic (exact) mass is 393 g/mol. The van der Waals surface area contributed by atoms with E-state index in [9.17, 15) is 4.79 Å². The van der Waals surface area contributed by atoms with Crippen LogP contribution in [0.3, 0.4) is 0 Å². The van der Waals surface area contributed by atoms with Gasteiger partial charge < -0.3 is 14.8 Å². The summed E-state index contributed by atoms with van der Waals surface area (Å²) in [7, 11) is 3.21. The molecule has 0 fully saturated rings. The van der Waals surface area contributed by atoms with E-state index in [-0.39, 0.29) is 11.9 Å². The summed E-state index contributed by atoms with van der Waals surface area (Å²) in [6, 6.07) is 15.3. The van der Waals surface area contributed by atoms with E-state index in [2.05, 4.69) is 5.32 Å². The van der Waals surface area contributed by atoms with Crippen LogP contribution in [0.4, 0.5) is 0 Å². The van der Waals surface area contributed by atoms with E-state index in [1.165, 1.54) is 0 Å². The fourth-order valence-corrected chi connectivity index (χ4v) is 2.97. The minimum absolute atomic E-state index is 0.0721. The topological polar surface area (TPSA) is 65.4 Å². The van der Waals surface area contributed by atoms with Crippen molar-refractivity contribution < 1.29 is 14.3 Å². The van der Waals surface area contributed by atoms with Gasteiger partial charge in [0.05, 0.1) is 25.6 Å². The van der Waals surface area contributed by atoms with Crippen LogP contribution in [0.2, 0.25) is 0 Å². The van der Waals surface area contributed by atoms with Gasteiger partial charge in [-0.1, -0.05) is 24.6 Å². The lowest BCUT2D eigenvalue weighted by molar-refractivity contribution is 0.0931. The Bertz CT molecular complexity index is 993. The Morgan fingerprint density at radius 2 is 1.83 bits per heavy atom. The van der Waals surface area contributed by atoms with Gasteiger partial charge in [0.2, 0.25) is 0 Å². The van der Waals surface area contributed by atoms with Gasteiger partial charge in [0.1, 0.15) is 17.2 Å². The molecule has 0 spiro atoms. The predicted octanol–water partition coefficient (Wildman–Crippen LogP) is 4.39. The summed E-state index contributed by atoms with van der Waals surface area (Å²) in [4.78, 5) is 13.0. The van der Waals surface area contributed by atoms with Crippen molar-refractivity contribution in [3.63, 3.8) is 0 Å². The van der Waals surface area contributed by atoms with E-state index >= 15 is 0 Å². The lowest BCUT2D eigenvalue weighted by atomic mass is 10.1. The number of benzene rings is 2. The van der Waals surface area contributed by atoms with Gasteiger partial charge in [0.15, 0.2) is 0 Å². The molecule has 0 saturated carbocycles. The second-order valence-corrected chi connectivity index (χ2v) is 7.01. The van der Waals surface area contributed by atoms with Crippen LogP contribution in [0.25, 0.3) is 16.9 Å². The second kappa shape index (κ2) is 8.82. The predicted molar refractivity (Wildman–Crippen MR) is 114 cm³/mol. The summed E-state index contributed by atoms with van der Waals surface area (Å²) >= 11 is 0. The van der Waals surface area contributed by atoms with Crippen molar-refractivity contribution in [2.24, 2.45) is 0 Å². The normalized spacial score (nSPS) is 11.8. The minimum Gasteiger partial charge on any atom is -0.497 e. The number of nitrogens with one attached hydrogen (secondary N) is 1. The molecule has 3 aromatic rings. The van der Waals surface area contributed by atoms with Crippen molar-refractivity contribution in [3.05, 3.63) is 59.8 Å². The molecule has 1 heterocycles. The number of nitrogens with zero attached hydrogens (tertiary/aromatic N) is 2. The van der Waals surface area contributed by atoms with E-state index < -0.39 is 0 Å². The lowest BCUT2D eigenvalue weighted by Crippen LogP contribution is -2.33. The number of carbonyl (C=O) groups is 1. The molecule has 0 unspecified atom stereocenters. The van der Waals surface area contributed by atoms with Gasteiger partial charge in [-0.15, -0.1) is 0 Å². The van der Waals surface area contributed by atoms with Gasteiger partial charge in [-0.2, -0.15) is 5.10 Å². The molecule has 2 aromatic carbocycles. The van der Waals surface area contributed by atoms with E-state index in [1.54, 1.807) is 31.0 Å². The van der Waals surface area contributed by atoms with Crippen LogP contribution < -0.4 is 14.8 Å². The van der Waals surface area contributed by atoms with Crippen molar-refractivity contribution in [1.82, 2.24) is 15.1 Å².